The fraction of sp³-hybridized carbons (Fsp3) is 0. The Morgan fingerprint density at radius 3 is 1.75 bits per heavy atom. The van der Waals surface area contributed by atoms with Crippen LogP contribution in [0.15, 0.2) is 0 Å². The van der Waals surface area contributed by atoms with Crippen molar-refractivity contribution in [2.24, 2.45) is 0 Å². The second-order valence-electron chi connectivity index (χ2n) is 0.589. The smallest absolute Gasteiger partial charge is 1.00 e. The fourth-order valence-corrected chi connectivity index (χ4v) is 6.49. The van der Waals surface area contributed by atoms with E-state index in [1.54, 1.807) is 0 Å². The second kappa shape index (κ2) is 12.0. The Balaban J connectivity index is 0. The summed E-state index contributed by atoms with van der Waals surface area (Å²) >= 11 is -1.09. The average molecular weight is 356 g/mol. The molecule has 8 heavy (non-hydrogen) atoms. The van der Waals surface area contributed by atoms with Gasteiger partial charge in [0.1, 0.15) is 0 Å². The number of thiocyanates is 2. The van der Waals surface area contributed by atoms with Gasteiger partial charge in [-0.1, -0.05) is 0 Å². The van der Waals surface area contributed by atoms with Gasteiger partial charge in [0.05, 0.1) is 0 Å². The van der Waals surface area contributed by atoms with E-state index in [0.29, 0.717) is 0 Å². The molecule has 0 spiro atoms. The molecule has 0 unspecified atom stereocenters. The van der Waals surface area contributed by atoms with Gasteiger partial charge in [-0.05, 0) is 0 Å². The van der Waals surface area contributed by atoms with E-state index in [2.05, 4.69) is 0 Å². The molecule has 0 radical (unpaired) electrons. The Morgan fingerprint density at radius 1 is 1.12 bits per heavy atom. The van der Waals surface area contributed by atoms with Crippen LogP contribution >= 0.6 is 16.5 Å². The summed E-state index contributed by atoms with van der Waals surface area (Å²) in [5.74, 6) is 0. The summed E-state index contributed by atoms with van der Waals surface area (Å²) in [6.07, 6.45) is 0. The molecule has 0 rings (SSSR count). The summed E-state index contributed by atoms with van der Waals surface area (Å²) in [5, 5.41) is 19.8. The first-order chi connectivity index (χ1) is 3.41. The van der Waals surface area contributed by atoms with E-state index in [1.165, 1.54) is 16.5 Å². The summed E-state index contributed by atoms with van der Waals surface area (Å²) in [7, 11) is 2.60. The van der Waals surface area contributed by atoms with Gasteiger partial charge in [0.15, 0.2) is 0 Å². The third-order valence-corrected chi connectivity index (χ3v) is 12.7. The zero-order chi connectivity index (χ0) is 5.54. The van der Waals surface area contributed by atoms with Crippen molar-refractivity contribution >= 4 is 16.5 Å². The predicted molar refractivity (Wildman–Crippen MR) is 26.4 cm³/mol. The maximum Gasteiger partial charge on any atom is 1.00 e. The zero-order valence-corrected chi connectivity index (χ0v) is 14.7. The van der Waals surface area contributed by atoms with Crippen LogP contribution in [0.2, 0.25) is 0 Å². The summed E-state index contributed by atoms with van der Waals surface area (Å²) in [6.45, 7) is 0. The van der Waals surface area contributed by atoms with Crippen molar-refractivity contribution in [2.75, 3.05) is 0 Å². The Bertz CT molecular complexity index is 102. The Hall–Kier alpha value is 2.25. The SMILES string of the molecule is N#C[S][Hg][S]C#N.[K+]. The molecule has 0 saturated carbocycles. The third kappa shape index (κ3) is 11.1. The van der Waals surface area contributed by atoms with Crippen molar-refractivity contribution < 1.29 is 72.9 Å². The van der Waals surface area contributed by atoms with E-state index in [-0.39, 0.29) is 51.4 Å². The minimum atomic E-state index is -1.09. The predicted octanol–water partition coefficient (Wildman–Crippen LogP) is -1.67. The molecule has 0 aromatic heterocycles. The van der Waals surface area contributed by atoms with Gasteiger partial charge in [0.25, 0.3) is 0 Å². The molecule has 6 heteroatoms. The van der Waals surface area contributed by atoms with Crippen LogP contribution in [-0.4, -0.2) is 0 Å². The van der Waals surface area contributed by atoms with Crippen molar-refractivity contribution in [2.45, 2.75) is 0 Å². The zero-order valence-electron chi connectivity index (χ0n) is 4.42. The van der Waals surface area contributed by atoms with Crippen LogP contribution < -0.4 is 51.4 Å². The van der Waals surface area contributed by atoms with E-state index in [1.807, 2.05) is 10.8 Å². The molecule has 0 atom stereocenters. The molecule has 0 heterocycles. The molecule has 2 nitrogen and oxygen atoms in total. The van der Waals surface area contributed by atoms with Crippen LogP contribution in [0.25, 0.3) is 0 Å². The van der Waals surface area contributed by atoms with Gasteiger partial charge >= 0.3 is 111 Å². The van der Waals surface area contributed by atoms with Gasteiger partial charge in [-0.15, -0.1) is 0 Å². The Morgan fingerprint density at radius 2 is 1.50 bits per heavy atom. The minimum absolute atomic E-state index is 0. The maximum absolute atomic E-state index is 7.94. The van der Waals surface area contributed by atoms with E-state index in [9.17, 15) is 0 Å². The summed E-state index contributed by atoms with van der Waals surface area (Å²) < 4.78 is 0. The van der Waals surface area contributed by atoms with E-state index >= 15 is 0 Å². The normalized spacial score (nSPS) is 4.75. The van der Waals surface area contributed by atoms with Crippen LogP contribution in [0.4, 0.5) is 0 Å². The molecule has 0 aliphatic rings. The number of nitrogens with zero attached hydrogens (tertiary/aromatic N) is 2. The minimum Gasteiger partial charge on any atom is 1.00 e. The van der Waals surface area contributed by atoms with Crippen molar-refractivity contribution in [1.82, 2.24) is 0 Å². The van der Waals surface area contributed by atoms with Crippen LogP contribution in [0.5, 0.6) is 0 Å². The fourth-order valence-electron chi connectivity index (χ4n) is 0.0822. The molecule has 0 bridgehead atoms. The van der Waals surface area contributed by atoms with Gasteiger partial charge in [-0.3, -0.25) is 0 Å². The van der Waals surface area contributed by atoms with Gasteiger partial charge in [-0.2, -0.15) is 0 Å². The largest absolute Gasteiger partial charge is 1.00 e. The van der Waals surface area contributed by atoms with Crippen LogP contribution in [0, 0.1) is 21.3 Å². The molecule has 0 aromatic carbocycles. The van der Waals surface area contributed by atoms with Crippen molar-refractivity contribution in [3.05, 3.63) is 0 Å². The van der Waals surface area contributed by atoms with Crippen molar-refractivity contribution in [1.29, 1.82) is 10.5 Å². The standard InChI is InChI=1S/2CHNS.Hg.K/c2*2-1-3;;/h2*3H;;/q;;+2;+1/p-2. The molecule has 0 aliphatic heterocycles. The van der Waals surface area contributed by atoms with Crippen LogP contribution in [0.3, 0.4) is 0 Å². The quantitative estimate of drug-likeness (QED) is 0.338. The van der Waals surface area contributed by atoms with Crippen LogP contribution in [0.1, 0.15) is 0 Å². The molecule has 0 aromatic rings. The molecule has 0 N–H and O–H groups in total. The summed E-state index contributed by atoms with van der Waals surface area (Å²) in [6, 6.07) is 0. The molecular weight excluding hydrogens is 356 g/mol. The molecular formula is C2HgKN2S2+. The number of hydrogen-bond donors (Lipinski definition) is 0. The first-order valence-electron chi connectivity index (χ1n) is 1.43. The summed E-state index contributed by atoms with van der Waals surface area (Å²) in [4.78, 5) is 0. The van der Waals surface area contributed by atoms with Gasteiger partial charge in [0, 0.05) is 0 Å². The maximum atomic E-state index is 7.94. The van der Waals surface area contributed by atoms with Crippen molar-refractivity contribution in [3.8, 4) is 10.8 Å². The third-order valence-electron chi connectivity index (χ3n) is 0.247. The molecule has 32 valence electrons. The van der Waals surface area contributed by atoms with Gasteiger partial charge < -0.3 is 0 Å². The first-order valence-corrected chi connectivity index (χ1v) is 16.9. The number of nitriles is 2. The van der Waals surface area contributed by atoms with Crippen molar-refractivity contribution in [3.63, 3.8) is 0 Å². The average Bonchev–Trinajstić information content (AvgIpc) is 1.69. The Labute approximate surface area is 108 Å². The van der Waals surface area contributed by atoms with Gasteiger partial charge in [-0.25, -0.2) is 0 Å². The van der Waals surface area contributed by atoms with E-state index in [0.717, 1.165) is 0 Å². The second-order valence-corrected chi connectivity index (χ2v) is 17.5. The first kappa shape index (κ1) is 12.9. The summed E-state index contributed by atoms with van der Waals surface area (Å²) in [5.41, 5.74) is 0. The van der Waals surface area contributed by atoms with E-state index in [4.69, 9.17) is 10.5 Å². The van der Waals surface area contributed by atoms with Crippen LogP contribution in [-0.2, 0) is 21.5 Å². The monoisotopic (exact) mass is 357 g/mol. The molecule has 0 fully saturated rings. The molecule has 0 aliphatic carbocycles. The molecule has 0 amide bonds. The van der Waals surface area contributed by atoms with Gasteiger partial charge in [0.2, 0.25) is 0 Å². The topological polar surface area (TPSA) is 47.6 Å². The Kier molecular flexibility index (Phi) is 19.3. The van der Waals surface area contributed by atoms with E-state index < -0.39 is 21.5 Å². The number of rotatable bonds is 2. The number of hydrogen-bond acceptors (Lipinski definition) is 4. The molecule has 0 saturated heterocycles.